The molecule has 0 atom stereocenters. The number of likely N-dealkylation sites (tertiary alicyclic amines) is 1. The maximum atomic E-state index is 11.2. The van der Waals surface area contributed by atoms with E-state index in [9.17, 15) is 4.79 Å². The molecule has 28 heavy (non-hydrogen) atoms. The van der Waals surface area contributed by atoms with Crippen molar-refractivity contribution in [2.24, 2.45) is 0 Å². The van der Waals surface area contributed by atoms with Gasteiger partial charge in [0, 0.05) is 42.5 Å². The van der Waals surface area contributed by atoms with Gasteiger partial charge in [0.1, 0.15) is 5.82 Å². The van der Waals surface area contributed by atoms with E-state index in [0.29, 0.717) is 23.1 Å². The molecule has 3 aromatic rings. The lowest BCUT2D eigenvalue weighted by atomic mass is 9.96. The molecule has 2 N–H and O–H groups in total. The van der Waals surface area contributed by atoms with Crippen LogP contribution in [0.25, 0.3) is 22.5 Å². The van der Waals surface area contributed by atoms with E-state index in [2.05, 4.69) is 9.97 Å². The van der Waals surface area contributed by atoms with Crippen molar-refractivity contribution in [1.82, 2.24) is 19.9 Å². The van der Waals surface area contributed by atoms with E-state index >= 15 is 0 Å². The molecule has 3 heterocycles. The number of hydrogen-bond donors (Lipinski definition) is 2. The topological polar surface area (TPSA) is 82.1 Å². The fourth-order valence-electron chi connectivity index (χ4n) is 3.51. The Balaban J connectivity index is 1.73. The highest BCUT2D eigenvalue weighted by Crippen LogP contribution is 2.36. The zero-order chi connectivity index (χ0) is 19.7. The number of benzene rings is 1. The first kappa shape index (κ1) is 18.8. The average molecular weight is 417 g/mol. The van der Waals surface area contributed by atoms with Crippen LogP contribution in [-0.2, 0) is 0 Å². The molecular weight excluding hydrogens is 399 g/mol. The molecule has 2 aromatic heterocycles. The van der Waals surface area contributed by atoms with Crippen molar-refractivity contribution in [3.05, 3.63) is 58.6 Å². The van der Waals surface area contributed by atoms with Gasteiger partial charge < -0.3 is 15.0 Å². The van der Waals surface area contributed by atoms with Gasteiger partial charge in [0.2, 0.25) is 0 Å². The number of hydrogen-bond acceptors (Lipinski definition) is 3. The quantitative estimate of drug-likeness (QED) is 0.606. The van der Waals surface area contributed by atoms with E-state index in [1.54, 1.807) is 18.5 Å². The van der Waals surface area contributed by atoms with Crippen LogP contribution in [0.15, 0.2) is 42.7 Å². The molecule has 4 rings (SSSR count). The Labute approximate surface area is 172 Å². The van der Waals surface area contributed by atoms with E-state index in [1.807, 2.05) is 24.3 Å². The molecule has 0 spiro atoms. The summed E-state index contributed by atoms with van der Waals surface area (Å²) in [6.07, 6.45) is 4.07. The van der Waals surface area contributed by atoms with Crippen LogP contribution >= 0.6 is 23.2 Å². The van der Waals surface area contributed by atoms with Crippen LogP contribution < -0.4 is 0 Å². The summed E-state index contributed by atoms with van der Waals surface area (Å²) < 4.78 is 0. The van der Waals surface area contributed by atoms with Crippen molar-refractivity contribution < 1.29 is 9.90 Å². The molecule has 0 radical (unpaired) electrons. The third-order valence-corrected chi connectivity index (χ3v) is 5.78. The minimum Gasteiger partial charge on any atom is -0.465 e. The van der Waals surface area contributed by atoms with Crippen LogP contribution in [0.2, 0.25) is 10.0 Å². The Kier molecular flexibility index (Phi) is 5.24. The van der Waals surface area contributed by atoms with E-state index in [-0.39, 0.29) is 5.92 Å². The van der Waals surface area contributed by atoms with E-state index in [0.717, 1.165) is 41.2 Å². The van der Waals surface area contributed by atoms with Gasteiger partial charge in [0.05, 0.1) is 21.4 Å². The molecule has 1 fully saturated rings. The number of amides is 1. The summed E-state index contributed by atoms with van der Waals surface area (Å²) in [5.74, 6) is 1.03. The number of carboxylic acid groups (broad SMARTS) is 1. The highest BCUT2D eigenvalue weighted by Gasteiger charge is 2.27. The molecule has 1 aromatic carbocycles. The fraction of sp³-hybridized carbons (Fsp3) is 0.250. The van der Waals surface area contributed by atoms with Crippen molar-refractivity contribution in [2.75, 3.05) is 13.1 Å². The normalized spacial score (nSPS) is 15.0. The molecule has 1 aliphatic heterocycles. The molecule has 1 amide bonds. The predicted octanol–water partition coefficient (Wildman–Crippen LogP) is 5.30. The Morgan fingerprint density at radius 1 is 1.07 bits per heavy atom. The smallest absolute Gasteiger partial charge is 0.407 e. The Hall–Kier alpha value is -2.57. The van der Waals surface area contributed by atoms with E-state index < -0.39 is 6.09 Å². The first-order chi connectivity index (χ1) is 13.5. The zero-order valence-corrected chi connectivity index (χ0v) is 16.4. The SMILES string of the molecule is O=C(O)N1CCC(c2nc(-c3ccc(Cl)c(Cl)c3)c(-c3ccncc3)[nH]2)CC1. The third kappa shape index (κ3) is 3.70. The summed E-state index contributed by atoms with van der Waals surface area (Å²) >= 11 is 12.3. The molecule has 1 saturated heterocycles. The number of H-pyrrole nitrogens is 1. The lowest BCUT2D eigenvalue weighted by Gasteiger charge is -2.28. The van der Waals surface area contributed by atoms with Gasteiger partial charge in [-0.1, -0.05) is 29.3 Å². The molecule has 0 bridgehead atoms. The number of halogens is 2. The number of piperidine rings is 1. The Morgan fingerprint density at radius 3 is 2.43 bits per heavy atom. The van der Waals surface area contributed by atoms with Gasteiger partial charge in [-0.15, -0.1) is 0 Å². The number of nitrogens with zero attached hydrogens (tertiary/aromatic N) is 3. The zero-order valence-electron chi connectivity index (χ0n) is 14.9. The van der Waals surface area contributed by atoms with Crippen LogP contribution in [0.5, 0.6) is 0 Å². The number of imidazole rings is 1. The molecule has 0 saturated carbocycles. The van der Waals surface area contributed by atoms with Crippen LogP contribution in [0, 0.1) is 0 Å². The molecule has 0 aliphatic carbocycles. The van der Waals surface area contributed by atoms with E-state index in [1.165, 1.54) is 4.90 Å². The van der Waals surface area contributed by atoms with Gasteiger partial charge >= 0.3 is 6.09 Å². The number of pyridine rings is 1. The molecule has 6 nitrogen and oxygen atoms in total. The van der Waals surface area contributed by atoms with Crippen LogP contribution in [0.3, 0.4) is 0 Å². The number of aromatic amines is 1. The summed E-state index contributed by atoms with van der Waals surface area (Å²) in [5, 5.41) is 10.1. The van der Waals surface area contributed by atoms with Crippen molar-refractivity contribution in [2.45, 2.75) is 18.8 Å². The summed E-state index contributed by atoms with van der Waals surface area (Å²) in [6.45, 7) is 1.01. The van der Waals surface area contributed by atoms with Crippen molar-refractivity contribution in [3.8, 4) is 22.5 Å². The second kappa shape index (κ2) is 7.81. The predicted molar refractivity (Wildman–Crippen MR) is 109 cm³/mol. The van der Waals surface area contributed by atoms with Crippen molar-refractivity contribution in [1.29, 1.82) is 0 Å². The number of rotatable bonds is 3. The largest absolute Gasteiger partial charge is 0.465 e. The molecule has 1 aliphatic rings. The molecule has 0 unspecified atom stereocenters. The number of aromatic nitrogens is 3. The third-order valence-electron chi connectivity index (χ3n) is 5.04. The minimum absolute atomic E-state index is 0.174. The van der Waals surface area contributed by atoms with Gasteiger partial charge in [-0.2, -0.15) is 0 Å². The highest BCUT2D eigenvalue weighted by atomic mass is 35.5. The first-order valence-corrected chi connectivity index (χ1v) is 9.72. The maximum absolute atomic E-state index is 11.2. The Morgan fingerprint density at radius 2 is 1.79 bits per heavy atom. The monoisotopic (exact) mass is 416 g/mol. The summed E-state index contributed by atoms with van der Waals surface area (Å²) in [7, 11) is 0. The fourth-order valence-corrected chi connectivity index (χ4v) is 3.81. The highest BCUT2D eigenvalue weighted by molar-refractivity contribution is 6.42. The second-order valence-corrected chi connectivity index (χ2v) is 7.57. The van der Waals surface area contributed by atoms with Crippen LogP contribution in [0.1, 0.15) is 24.6 Å². The summed E-state index contributed by atoms with van der Waals surface area (Å²) in [6, 6.07) is 9.30. The van der Waals surface area contributed by atoms with Crippen LogP contribution in [-0.4, -0.2) is 44.1 Å². The lowest BCUT2D eigenvalue weighted by molar-refractivity contribution is 0.131. The van der Waals surface area contributed by atoms with Gasteiger partial charge in [0.25, 0.3) is 0 Å². The van der Waals surface area contributed by atoms with Crippen molar-refractivity contribution in [3.63, 3.8) is 0 Å². The van der Waals surface area contributed by atoms with E-state index in [4.69, 9.17) is 33.3 Å². The average Bonchev–Trinajstić information content (AvgIpc) is 3.16. The molecule has 8 heteroatoms. The standard InChI is InChI=1S/C20H18Cl2N4O2/c21-15-2-1-14(11-16(15)22)18-17(12-3-7-23-8-4-12)24-19(25-18)13-5-9-26(10-6-13)20(27)28/h1-4,7-8,11,13H,5-6,9-10H2,(H,24,25)(H,27,28). The Bertz CT molecular complexity index is 999. The van der Waals surface area contributed by atoms with Crippen LogP contribution in [0.4, 0.5) is 4.79 Å². The van der Waals surface area contributed by atoms with Gasteiger partial charge in [-0.3, -0.25) is 4.98 Å². The summed E-state index contributed by atoms with van der Waals surface area (Å²) in [5.41, 5.74) is 3.52. The lowest BCUT2D eigenvalue weighted by Crippen LogP contribution is -2.37. The second-order valence-electron chi connectivity index (χ2n) is 6.75. The minimum atomic E-state index is -0.869. The van der Waals surface area contributed by atoms with Gasteiger partial charge in [0.15, 0.2) is 0 Å². The molecule has 144 valence electrons. The number of nitrogens with one attached hydrogen (secondary N) is 1. The first-order valence-electron chi connectivity index (χ1n) is 8.96. The molecular formula is C20H18Cl2N4O2. The summed E-state index contributed by atoms with van der Waals surface area (Å²) in [4.78, 5) is 25.0. The maximum Gasteiger partial charge on any atom is 0.407 e. The number of carbonyl (C=O) groups is 1. The van der Waals surface area contributed by atoms with Crippen molar-refractivity contribution >= 4 is 29.3 Å². The van der Waals surface area contributed by atoms with Gasteiger partial charge in [-0.05, 0) is 37.1 Å². The van der Waals surface area contributed by atoms with Gasteiger partial charge in [-0.25, -0.2) is 9.78 Å².